The van der Waals surface area contributed by atoms with Gasteiger partial charge in [-0.3, -0.25) is 9.09 Å². The van der Waals surface area contributed by atoms with Crippen LogP contribution in [0.2, 0.25) is 0 Å². The molecule has 106 valence electrons. The minimum absolute atomic E-state index is 0.936. The first-order valence-electron chi connectivity index (χ1n) is 5.15. The summed E-state index contributed by atoms with van der Waals surface area (Å²) in [5.74, 6) is -2.23. The van der Waals surface area contributed by atoms with Gasteiger partial charge in [-0.05, 0) is 27.7 Å². The molecule has 0 heterocycles. The first-order chi connectivity index (χ1) is 7.84. The van der Waals surface area contributed by atoms with Crippen molar-refractivity contribution in [3.8, 4) is 0 Å². The lowest BCUT2D eigenvalue weighted by atomic mass is 10.1. The van der Waals surface area contributed by atoms with Crippen molar-refractivity contribution >= 4 is 19.5 Å². The highest BCUT2D eigenvalue weighted by Gasteiger charge is 2.42. The number of hydrogen-bond donors (Lipinski definition) is 1. The average Bonchev–Trinajstić information content (AvgIpc) is 2.15. The van der Waals surface area contributed by atoms with Crippen LogP contribution in [0, 0.1) is 0 Å². The zero-order chi connectivity index (χ0) is 14.8. The van der Waals surface area contributed by atoms with Crippen LogP contribution in [0.1, 0.15) is 27.7 Å². The van der Waals surface area contributed by atoms with Crippen LogP contribution in [0.3, 0.4) is 0 Å². The van der Waals surface area contributed by atoms with E-state index in [4.69, 9.17) is 14.4 Å². The Morgan fingerprint density at radius 3 is 1.89 bits per heavy atom. The zero-order valence-electron chi connectivity index (χ0n) is 11.3. The highest BCUT2D eigenvalue weighted by Crippen LogP contribution is 2.47. The maximum atomic E-state index is 11.8. The van der Waals surface area contributed by atoms with E-state index in [-0.39, 0.29) is 0 Å². The van der Waals surface area contributed by atoms with Crippen molar-refractivity contribution in [2.45, 2.75) is 38.9 Å². The predicted octanol–water partition coefficient (Wildman–Crippen LogP) is 1.66. The molecule has 1 N–H and O–H groups in total. The van der Waals surface area contributed by atoms with Gasteiger partial charge in [0.1, 0.15) is 0 Å². The van der Waals surface area contributed by atoms with Gasteiger partial charge in [0.25, 0.3) is 0 Å². The van der Waals surface area contributed by atoms with Gasteiger partial charge in [0.2, 0.25) is 5.60 Å². The fraction of sp³-hybridized carbons (Fsp3) is 0.800. The van der Waals surface area contributed by atoms with Gasteiger partial charge in [-0.15, -0.1) is 0 Å². The first-order valence-corrected chi connectivity index (χ1v) is 7.14. The number of aliphatic carboxylic acids is 1. The van der Waals surface area contributed by atoms with Crippen molar-refractivity contribution in [3.63, 3.8) is 0 Å². The fourth-order valence-electron chi connectivity index (χ4n) is 0.887. The molecule has 0 aliphatic heterocycles. The van der Waals surface area contributed by atoms with Gasteiger partial charge in [0, 0.05) is 13.8 Å². The van der Waals surface area contributed by atoms with Gasteiger partial charge in [-0.25, -0.2) is 9.59 Å². The van der Waals surface area contributed by atoms with Crippen LogP contribution < -0.4 is 0 Å². The number of carbonyl (C=O) groups is 2. The Morgan fingerprint density at radius 1 is 1.11 bits per heavy atom. The van der Waals surface area contributed by atoms with Crippen molar-refractivity contribution in [1.29, 1.82) is 0 Å². The van der Waals surface area contributed by atoms with Crippen LogP contribution in [-0.2, 0) is 27.9 Å². The van der Waals surface area contributed by atoms with Crippen LogP contribution in [0.15, 0.2) is 0 Å². The third kappa shape index (κ3) is 4.76. The van der Waals surface area contributed by atoms with E-state index in [1.165, 1.54) is 41.5 Å². The van der Waals surface area contributed by atoms with Crippen LogP contribution >= 0.6 is 7.60 Å². The highest BCUT2D eigenvalue weighted by molar-refractivity contribution is 7.53. The van der Waals surface area contributed by atoms with E-state index >= 15 is 0 Å². The first kappa shape index (κ1) is 17.1. The van der Waals surface area contributed by atoms with Crippen molar-refractivity contribution in [1.82, 2.24) is 0 Å². The molecule has 1 unspecified atom stereocenters. The lowest BCUT2D eigenvalue weighted by Crippen LogP contribution is -2.44. The smallest absolute Gasteiger partial charge is 0.347 e. The molecule has 1 atom stereocenters. The molecule has 0 aromatic rings. The quantitative estimate of drug-likeness (QED) is 0.584. The van der Waals surface area contributed by atoms with Gasteiger partial charge < -0.3 is 14.4 Å². The van der Waals surface area contributed by atoms with E-state index in [1.54, 1.807) is 0 Å². The van der Waals surface area contributed by atoms with Crippen LogP contribution in [0.25, 0.3) is 0 Å². The van der Waals surface area contributed by atoms with E-state index in [2.05, 4.69) is 4.52 Å². The summed E-state index contributed by atoms with van der Waals surface area (Å²) in [4.78, 5) is 22.6. The maximum Gasteiger partial charge on any atom is 0.347 e. The monoisotopic (exact) mass is 282 g/mol. The molecule has 0 bridgehead atoms. The predicted molar refractivity (Wildman–Crippen MR) is 63.5 cm³/mol. The molecule has 0 spiro atoms. The summed E-state index contributed by atoms with van der Waals surface area (Å²) in [5, 5.41) is 8.84. The summed E-state index contributed by atoms with van der Waals surface area (Å²) in [6.07, 6.45) is 0. The van der Waals surface area contributed by atoms with Crippen molar-refractivity contribution in [2.24, 2.45) is 0 Å². The van der Waals surface area contributed by atoms with E-state index in [1.807, 2.05) is 0 Å². The second kappa shape index (κ2) is 5.38. The molecule has 8 heteroatoms. The third-order valence-electron chi connectivity index (χ3n) is 2.08. The average molecular weight is 282 g/mol. The largest absolute Gasteiger partial charge is 0.478 e. The molecule has 7 nitrogen and oxygen atoms in total. The lowest BCUT2D eigenvalue weighted by molar-refractivity contribution is -0.184. The molecule has 0 radical (unpaired) electrons. The van der Waals surface area contributed by atoms with E-state index < -0.39 is 30.7 Å². The molecular weight excluding hydrogens is 263 g/mol. The van der Waals surface area contributed by atoms with Gasteiger partial charge in [0.05, 0.1) is 0 Å². The Bertz CT molecular complexity index is 386. The summed E-state index contributed by atoms with van der Waals surface area (Å²) < 4.78 is 26.1. The maximum absolute atomic E-state index is 11.8. The van der Waals surface area contributed by atoms with Crippen LogP contribution in [-0.4, -0.2) is 42.0 Å². The van der Waals surface area contributed by atoms with E-state index in [0.29, 0.717) is 0 Å². The van der Waals surface area contributed by atoms with Crippen LogP contribution in [0.5, 0.6) is 0 Å². The molecule has 18 heavy (non-hydrogen) atoms. The summed E-state index contributed by atoms with van der Waals surface area (Å²) in [7, 11) is -2.20. The topological polar surface area (TPSA) is 99.1 Å². The molecule has 0 amide bonds. The van der Waals surface area contributed by atoms with Crippen molar-refractivity contribution in [3.05, 3.63) is 0 Å². The number of carbonyl (C=O) groups excluding carboxylic acids is 1. The van der Waals surface area contributed by atoms with Gasteiger partial charge in [0.15, 0.2) is 5.60 Å². The molecule has 0 aromatic carbocycles. The number of hydrogen-bond acceptors (Lipinski definition) is 6. The van der Waals surface area contributed by atoms with Crippen molar-refractivity contribution in [2.75, 3.05) is 13.8 Å². The van der Waals surface area contributed by atoms with Crippen molar-refractivity contribution < 1.29 is 33.0 Å². The van der Waals surface area contributed by atoms with E-state index in [0.717, 1.165) is 0 Å². The Balaban J connectivity index is 4.89. The Hall–Kier alpha value is -0.910. The second-order valence-electron chi connectivity index (χ2n) is 4.76. The summed E-state index contributed by atoms with van der Waals surface area (Å²) in [5.41, 5.74) is -3.27. The number of carboxylic acid groups (broad SMARTS) is 1. The Labute approximate surface area is 106 Å². The summed E-state index contributed by atoms with van der Waals surface area (Å²) in [6.45, 7) is 6.30. The lowest BCUT2D eigenvalue weighted by Gasteiger charge is -2.29. The third-order valence-corrected chi connectivity index (χ3v) is 3.53. The molecule has 0 aliphatic carbocycles. The standard InChI is InChI=1S/C10H19O7P/c1-9(2,7(11)12)16-8(13)10(3,4)17-18(6,14)15-5/h1-6H3,(H,11,12). The zero-order valence-corrected chi connectivity index (χ0v) is 12.2. The fourth-order valence-corrected chi connectivity index (χ4v) is 1.87. The molecule has 0 rings (SSSR count). The molecule has 0 fully saturated rings. The summed E-state index contributed by atoms with van der Waals surface area (Å²) >= 11 is 0. The molecule has 0 saturated carbocycles. The van der Waals surface area contributed by atoms with Gasteiger partial charge in [-0.2, -0.15) is 0 Å². The SMILES string of the molecule is COP(C)(=O)OC(C)(C)C(=O)OC(C)(C)C(=O)O. The number of carboxylic acids is 1. The highest BCUT2D eigenvalue weighted by atomic mass is 31.2. The van der Waals surface area contributed by atoms with E-state index in [9.17, 15) is 14.2 Å². The Morgan fingerprint density at radius 2 is 1.56 bits per heavy atom. The molecular formula is C10H19O7P. The number of ether oxygens (including phenoxy) is 1. The number of esters is 1. The second-order valence-corrected chi connectivity index (χ2v) is 6.85. The molecule has 0 aliphatic rings. The minimum Gasteiger partial charge on any atom is -0.478 e. The summed E-state index contributed by atoms with van der Waals surface area (Å²) in [6, 6.07) is 0. The van der Waals surface area contributed by atoms with Crippen LogP contribution in [0.4, 0.5) is 0 Å². The normalized spacial score (nSPS) is 15.9. The number of rotatable bonds is 6. The van der Waals surface area contributed by atoms with Gasteiger partial charge in [-0.1, -0.05) is 0 Å². The minimum atomic E-state index is -3.39. The molecule has 0 aromatic heterocycles. The molecule has 0 saturated heterocycles. The Kier molecular flexibility index (Phi) is 5.11. The van der Waals surface area contributed by atoms with Gasteiger partial charge >= 0.3 is 19.5 Å².